The van der Waals surface area contributed by atoms with E-state index >= 15 is 0 Å². The predicted molar refractivity (Wildman–Crippen MR) is 55.1 cm³/mol. The standard InChI is InChI=1S/C8H16N2O4S/c11-8(12)3-6-15(13,14)10-5-4-9-7-1-2-7/h7,9-10H,1-6H2,(H,11,12). The van der Waals surface area contributed by atoms with Gasteiger partial charge in [0, 0.05) is 19.1 Å². The van der Waals surface area contributed by atoms with E-state index in [1.165, 1.54) is 0 Å². The molecule has 1 rings (SSSR count). The Morgan fingerprint density at radius 1 is 1.33 bits per heavy atom. The zero-order chi connectivity index (χ0) is 11.3. The van der Waals surface area contributed by atoms with E-state index in [1.54, 1.807) is 0 Å². The number of carboxylic acids is 1. The lowest BCUT2D eigenvalue weighted by Gasteiger charge is -2.05. The van der Waals surface area contributed by atoms with Crippen molar-refractivity contribution in [3.05, 3.63) is 0 Å². The van der Waals surface area contributed by atoms with Crippen molar-refractivity contribution < 1.29 is 18.3 Å². The van der Waals surface area contributed by atoms with Gasteiger partial charge in [-0.1, -0.05) is 0 Å². The van der Waals surface area contributed by atoms with Crippen LogP contribution in [0, 0.1) is 0 Å². The van der Waals surface area contributed by atoms with Gasteiger partial charge >= 0.3 is 5.97 Å². The fourth-order valence-corrected chi connectivity index (χ4v) is 2.06. The SMILES string of the molecule is O=C(O)CCS(=O)(=O)NCCNC1CC1. The highest BCUT2D eigenvalue weighted by Gasteiger charge is 2.20. The van der Waals surface area contributed by atoms with Crippen molar-refractivity contribution >= 4 is 16.0 Å². The van der Waals surface area contributed by atoms with Gasteiger partial charge in [-0.3, -0.25) is 4.79 Å². The van der Waals surface area contributed by atoms with Gasteiger partial charge in [-0.05, 0) is 12.8 Å². The van der Waals surface area contributed by atoms with Gasteiger partial charge in [0.1, 0.15) is 0 Å². The van der Waals surface area contributed by atoms with Crippen molar-refractivity contribution in [1.29, 1.82) is 0 Å². The van der Waals surface area contributed by atoms with Crippen molar-refractivity contribution in [3.8, 4) is 0 Å². The summed E-state index contributed by atoms with van der Waals surface area (Å²) in [6.07, 6.45) is 1.96. The predicted octanol–water partition coefficient (Wildman–Crippen LogP) is -0.867. The van der Waals surface area contributed by atoms with Crippen LogP contribution in [0.3, 0.4) is 0 Å². The minimum absolute atomic E-state index is 0.318. The van der Waals surface area contributed by atoms with Gasteiger partial charge in [0.25, 0.3) is 0 Å². The largest absolute Gasteiger partial charge is 0.481 e. The molecule has 1 fully saturated rings. The second kappa shape index (κ2) is 5.43. The van der Waals surface area contributed by atoms with Crippen molar-refractivity contribution in [2.24, 2.45) is 0 Å². The van der Waals surface area contributed by atoms with Gasteiger partial charge in [0.05, 0.1) is 12.2 Å². The first-order valence-corrected chi connectivity index (χ1v) is 6.57. The van der Waals surface area contributed by atoms with Crippen LogP contribution in [0.15, 0.2) is 0 Å². The summed E-state index contributed by atoms with van der Waals surface area (Å²) in [6.45, 7) is 0.912. The Bertz CT molecular complexity index is 311. The third kappa shape index (κ3) is 6.43. The molecule has 0 heterocycles. The topological polar surface area (TPSA) is 95.5 Å². The molecule has 7 heteroatoms. The van der Waals surface area contributed by atoms with E-state index in [2.05, 4.69) is 10.0 Å². The van der Waals surface area contributed by atoms with E-state index in [0.29, 0.717) is 19.1 Å². The number of rotatable bonds is 8. The normalized spacial score (nSPS) is 16.5. The number of carbonyl (C=O) groups is 1. The molecule has 88 valence electrons. The lowest BCUT2D eigenvalue weighted by atomic mass is 10.5. The van der Waals surface area contributed by atoms with Crippen molar-refractivity contribution in [1.82, 2.24) is 10.0 Å². The molecule has 1 saturated carbocycles. The van der Waals surface area contributed by atoms with E-state index in [4.69, 9.17) is 5.11 Å². The lowest BCUT2D eigenvalue weighted by Crippen LogP contribution is -2.34. The van der Waals surface area contributed by atoms with E-state index in [0.717, 1.165) is 12.8 Å². The summed E-state index contributed by atoms with van der Waals surface area (Å²) in [4.78, 5) is 10.2. The first kappa shape index (κ1) is 12.4. The Morgan fingerprint density at radius 3 is 2.53 bits per heavy atom. The minimum atomic E-state index is -3.43. The van der Waals surface area contributed by atoms with Crippen LogP contribution in [0.1, 0.15) is 19.3 Å². The van der Waals surface area contributed by atoms with Crippen LogP contribution < -0.4 is 10.0 Å². The molecule has 3 N–H and O–H groups in total. The smallest absolute Gasteiger partial charge is 0.304 e. The molecule has 0 aliphatic heterocycles. The summed E-state index contributed by atoms with van der Waals surface area (Å²) >= 11 is 0. The number of aliphatic carboxylic acids is 1. The summed E-state index contributed by atoms with van der Waals surface area (Å²) in [6, 6.07) is 0.550. The van der Waals surface area contributed by atoms with Crippen molar-refractivity contribution in [2.45, 2.75) is 25.3 Å². The number of carboxylic acid groups (broad SMARTS) is 1. The average Bonchev–Trinajstić information content (AvgIpc) is 2.93. The maximum absolute atomic E-state index is 11.2. The van der Waals surface area contributed by atoms with Crippen LogP contribution in [0.4, 0.5) is 0 Å². The van der Waals surface area contributed by atoms with Gasteiger partial charge in [-0.25, -0.2) is 13.1 Å². The van der Waals surface area contributed by atoms with Gasteiger partial charge < -0.3 is 10.4 Å². The molecule has 0 atom stereocenters. The van der Waals surface area contributed by atoms with Crippen molar-refractivity contribution in [3.63, 3.8) is 0 Å². The molecule has 0 aromatic heterocycles. The number of nitrogens with one attached hydrogen (secondary N) is 2. The first-order chi connectivity index (χ1) is 6.99. The average molecular weight is 236 g/mol. The molecule has 0 aromatic rings. The summed E-state index contributed by atoms with van der Waals surface area (Å²) in [5, 5.41) is 11.5. The van der Waals surface area contributed by atoms with E-state index in [-0.39, 0.29) is 12.2 Å². The Balaban J connectivity index is 2.08. The number of sulfonamides is 1. The molecule has 0 saturated heterocycles. The molecule has 0 spiro atoms. The molecule has 15 heavy (non-hydrogen) atoms. The zero-order valence-electron chi connectivity index (χ0n) is 8.40. The van der Waals surface area contributed by atoms with Crippen LogP contribution in [-0.4, -0.2) is 44.4 Å². The Kier molecular flexibility index (Phi) is 4.49. The second-order valence-corrected chi connectivity index (χ2v) is 5.51. The van der Waals surface area contributed by atoms with Crippen LogP contribution in [0.2, 0.25) is 0 Å². The monoisotopic (exact) mass is 236 g/mol. The molecule has 1 aliphatic rings. The van der Waals surface area contributed by atoms with Gasteiger partial charge in [-0.2, -0.15) is 0 Å². The highest BCUT2D eigenvalue weighted by atomic mass is 32.2. The Morgan fingerprint density at radius 2 is 2.00 bits per heavy atom. The van der Waals surface area contributed by atoms with Crippen LogP contribution in [0.25, 0.3) is 0 Å². The van der Waals surface area contributed by atoms with Gasteiger partial charge in [-0.15, -0.1) is 0 Å². The quantitative estimate of drug-likeness (QED) is 0.476. The highest BCUT2D eigenvalue weighted by Crippen LogP contribution is 2.17. The summed E-state index contributed by atoms with van der Waals surface area (Å²) < 4.78 is 24.7. The van der Waals surface area contributed by atoms with Gasteiger partial charge in [0.15, 0.2) is 0 Å². The summed E-state index contributed by atoms with van der Waals surface area (Å²) in [5.74, 6) is -1.46. The molecular formula is C8H16N2O4S. The highest BCUT2D eigenvalue weighted by molar-refractivity contribution is 7.89. The first-order valence-electron chi connectivity index (χ1n) is 4.92. The van der Waals surface area contributed by atoms with E-state index in [1.807, 2.05) is 0 Å². The molecule has 6 nitrogen and oxygen atoms in total. The minimum Gasteiger partial charge on any atom is -0.481 e. The van der Waals surface area contributed by atoms with E-state index < -0.39 is 16.0 Å². The number of hydrogen-bond donors (Lipinski definition) is 3. The molecule has 0 bridgehead atoms. The Hall–Kier alpha value is -0.660. The van der Waals surface area contributed by atoms with Gasteiger partial charge in [0.2, 0.25) is 10.0 Å². The molecule has 0 aromatic carbocycles. The molecule has 0 unspecified atom stereocenters. The number of hydrogen-bond acceptors (Lipinski definition) is 4. The third-order valence-electron chi connectivity index (χ3n) is 2.04. The fraction of sp³-hybridized carbons (Fsp3) is 0.875. The Labute approximate surface area is 89.1 Å². The van der Waals surface area contributed by atoms with E-state index in [9.17, 15) is 13.2 Å². The second-order valence-electron chi connectivity index (χ2n) is 3.59. The molecule has 0 amide bonds. The lowest BCUT2D eigenvalue weighted by molar-refractivity contribution is -0.136. The molecule has 1 aliphatic carbocycles. The summed E-state index contributed by atoms with van der Waals surface area (Å²) in [5.41, 5.74) is 0. The van der Waals surface area contributed by atoms with Crippen LogP contribution in [-0.2, 0) is 14.8 Å². The maximum atomic E-state index is 11.2. The molecular weight excluding hydrogens is 220 g/mol. The van der Waals surface area contributed by atoms with Crippen LogP contribution in [0.5, 0.6) is 0 Å². The zero-order valence-corrected chi connectivity index (χ0v) is 9.22. The van der Waals surface area contributed by atoms with Crippen molar-refractivity contribution in [2.75, 3.05) is 18.8 Å². The fourth-order valence-electron chi connectivity index (χ4n) is 1.06. The molecule has 0 radical (unpaired) electrons. The maximum Gasteiger partial charge on any atom is 0.304 e. The third-order valence-corrected chi connectivity index (χ3v) is 3.43. The van der Waals surface area contributed by atoms with Crippen LogP contribution >= 0.6 is 0 Å². The summed E-state index contributed by atoms with van der Waals surface area (Å²) in [7, 11) is -3.43.